The maximum Gasteiger partial charge on any atom is 0.407 e. The highest BCUT2D eigenvalue weighted by atomic mass is 32.1. The van der Waals surface area contributed by atoms with Gasteiger partial charge in [-0.25, -0.2) is 9.18 Å². The van der Waals surface area contributed by atoms with Gasteiger partial charge in [0, 0.05) is 50.3 Å². The molecule has 5 rings (SSSR count). The molecule has 1 atom stereocenters. The number of halogens is 1. The van der Waals surface area contributed by atoms with Gasteiger partial charge in [0.25, 0.3) is 0 Å². The number of amides is 2. The number of anilines is 1. The van der Waals surface area contributed by atoms with Crippen LogP contribution in [-0.2, 0) is 9.53 Å². The van der Waals surface area contributed by atoms with Crippen molar-refractivity contribution in [1.29, 1.82) is 0 Å². The number of pyridine rings is 2. The number of nitrogens with zero attached hydrogens (tertiary/aromatic N) is 3. The number of fused-ring (bicyclic) bond motifs is 1. The quantitative estimate of drug-likeness (QED) is 0.179. The number of thiophene rings is 1. The molecule has 226 valence electrons. The van der Waals surface area contributed by atoms with E-state index in [1.165, 1.54) is 28.4 Å². The van der Waals surface area contributed by atoms with Gasteiger partial charge in [0.15, 0.2) is 11.6 Å². The van der Waals surface area contributed by atoms with Crippen molar-refractivity contribution in [3.05, 3.63) is 66.2 Å². The molecule has 0 radical (unpaired) electrons. The van der Waals surface area contributed by atoms with Gasteiger partial charge in [0.1, 0.15) is 5.75 Å². The number of methoxy groups -OCH3 is 1. The average molecular weight is 607 g/mol. The number of hydrogen-bond acceptors (Lipinski definition) is 7. The lowest BCUT2D eigenvalue weighted by molar-refractivity contribution is -0.116. The van der Waals surface area contributed by atoms with Gasteiger partial charge in [-0.1, -0.05) is 26.8 Å². The molecule has 1 aromatic carbocycles. The summed E-state index contributed by atoms with van der Waals surface area (Å²) < 4.78 is 26.8. The van der Waals surface area contributed by atoms with Crippen LogP contribution in [0.5, 0.6) is 11.5 Å². The lowest BCUT2D eigenvalue weighted by Crippen LogP contribution is -2.42. The van der Waals surface area contributed by atoms with E-state index in [-0.39, 0.29) is 24.8 Å². The minimum atomic E-state index is -1.02. The van der Waals surface area contributed by atoms with E-state index >= 15 is 0 Å². The zero-order chi connectivity index (χ0) is 30.7. The second-order valence-corrected chi connectivity index (χ2v) is 12.8. The summed E-state index contributed by atoms with van der Waals surface area (Å²) in [5.74, 6) is 0.232. The smallest absolute Gasteiger partial charge is 0.407 e. The second kappa shape index (κ2) is 12.6. The van der Waals surface area contributed by atoms with Crippen LogP contribution in [0.4, 0.5) is 14.9 Å². The van der Waals surface area contributed by atoms with E-state index in [4.69, 9.17) is 9.47 Å². The molecule has 3 heterocycles. The Morgan fingerprint density at radius 1 is 1.14 bits per heavy atom. The van der Waals surface area contributed by atoms with E-state index in [1.807, 2.05) is 39.0 Å². The van der Waals surface area contributed by atoms with Crippen LogP contribution in [0.1, 0.15) is 51.6 Å². The summed E-state index contributed by atoms with van der Waals surface area (Å²) in [4.78, 5) is 35.6. The molecule has 0 aliphatic heterocycles. The molecular formula is C32H35FN4O5S. The molecular weight excluding hydrogens is 571 g/mol. The summed E-state index contributed by atoms with van der Waals surface area (Å²) in [6, 6.07) is 11.3. The van der Waals surface area contributed by atoms with Gasteiger partial charge >= 0.3 is 6.09 Å². The van der Waals surface area contributed by atoms with Crippen molar-refractivity contribution in [2.45, 2.75) is 46.1 Å². The Balaban J connectivity index is 1.36. The zero-order valence-corrected chi connectivity index (χ0v) is 25.4. The number of ether oxygens (including phenoxy) is 2. The van der Waals surface area contributed by atoms with Crippen molar-refractivity contribution < 1.29 is 28.6 Å². The third-order valence-electron chi connectivity index (χ3n) is 7.25. The first-order valence-electron chi connectivity index (χ1n) is 14.1. The molecule has 1 unspecified atom stereocenters. The molecule has 1 aliphatic carbocycles. The van der Waals surface area contributed by atoms with E-state index in [9.17, 15) is 19.1 Å². The van der Waals surface area contributed by atoms with Gasteiger partial charge in [-0.2, -0.15) is 0 Å². The Morgan fingerprint density at radius 2 is 1.93 bits per heavy atom. The number of aromatic nitrogens is 2. The van der Waals surface area contributed by atoms with Crippen LogP contribution >= 0.6 is 11.3 Å². The fourth-order valence-electron chi connectivity index (χ4n) is 5.08. The summed E-state index contributed by atoms with van der Waals surface area (Å²) in [5, 5.41) is 12.7. The van der Waals surface area contributed by atoms with Gasteiger partial charge in [-0.15, -0.1) is 11.3 Å². The van der Waals surface area contributed by atoms with E-state index < -0.39 is 23.4 Å². The monoisotopic (exact) mass is 606 g/mol. The van der Waals surface area contributed by atoms with Crippen LogP contribution in [0.25, 0.3) is 20.8 Å². The number of carboxylic acid groups (broad SMARTS) is 1. The molecule has 3 aromatic heterocycles. The molecule has 43 heavy (non-hydrogen) atoms. The number of carbonyl (C=O) groups excluding carboxylic acids is 1. The van der Waals surface area contributed by atoms with Crippen LogP contribution in [0.3, 0.4) is 0 Å². The molecule has 2 amide bonds. The van der Waals surface area contributed by atoms with E-state index in [2.05, 4.69) is 15.3 Å². The van der Waals surface area contributed by atoms with Crippen molar-refractivity contribution in [2.75, 3.05) is 25.6 Å². The Bertz CT molecular complexity index is 1610. The predicted octanol–water partition coefficient (Wildman–Crippen LogP) is 7.74. The lowest BCUT2D eigenvalue weighted by Gasteiger charge is -2.38. The molecule has 1 saturated carbocycles. The number of rotatable bonds is 11. The summed E-state index contributed by atoms with van der Waals surface area (Å²) in [5.41, 5.74) is 2.15. The van der Waals surface area contributed by atoms with Gasteiger partial charge in [-0.3, -0.25) is 19.7 Å². The highest BCUT2D eigenvalue weighted by Gasteiger charge is 2.35. The number of nitrogens with one attached hydrogen (secondary N) is 1. The summed E-state index contributed by atoms with van der Waals surface area (Å²) >= 11 is 1.42. The van der Waals surface area contributed by atoms with Crippen LogP contribution in [0.2, 0.25) is 0 Å². The maximum absolute atomic E-state index is 14.9. The van der Waals surface area contributed by atoms with Gasteiger partial charge < -0.3 is 19.9 Å². The highest BCUT2D eigenvalue weighted by Crippen LogP contribution is 2.41. The third kappa shape index (κ3) is 7.29. The van der Waals surface area contributed by atoms with Crippen molar-refractivity contribution in [1.82, 2.24) is 14.9 Å². The van der Waals surface area contributed by atoms with Crippen molar-refractivity contribution >= 4 is 39.2 Å². The first kappa shape index (κ1) is 30.4. The zero-order valence-electron chi connectivity index (χ0n) is 24.6. The molecule has 9 nitrogen and oxygen atoms in total. The Hall–Kier alpha value is -4.09. The Kier molecular flexibility index (Phi) is 8.93. The molecule has 2 N–H and O–H groups in total. The third-order valence-corrected chi connectivity index (χ3v) is 8.41. The topological polar surface area (TPSA) is 114 Å². The molecule has 11 heteroatoms. The largest absolute Gasteiger partial charge is 0.465 e. The first-order chi connectivity index (χ1) is 20.5. The van der Waals surface area contributed by atoms with E-state index in [0.29, 0.717) is 35.0 Å². The normalized spacial score (nSPS) is 14.0. The van der Waals surface area contributed by atoms with Crippen LogP contribution in [-0.4, -0.2) is 52.2 Å². The van der Waals surface area contributed by atoms with Gasteiger partial charge in [0.05, 0.1) is 33.4 Å². The number of benzene rings is 1. The number of hydrogen-bond donors (Lipinski definition) is 2. The Morgan fingerprint density at radius 3 is 2.56 bits per heavy atom. The Labute approximate surface area is 253 Å². The highest BCUT2D eigenvalue weighted by molar-refractivity contribution is 7.22. The molecule has 0 saturated heterocycles. The number of carbonyl (C=O) groups is 2. The fraction of sp³-hybridized carbons (Fsp3) is 0.375. The average Bonchev–Trinajstić information content (AvgIpc) is 3.65. The SMILES string of the molecule is COCCN(C(=O)O)C(c1ccc(-c2cc3nccc(Oc4ccc(NC(=O)CC5CC5)cc4F)c3s2)nc1)C(C)(C)C. The summed E-state index contributed by atoms with van der Waals surface area (Å²) in [7, 11) is 1.54. The second-order valence-electron chi connectivity index (χ2n) is 11.8. The van der Waals surface area contributed by atoms with Crippen molar-refractivity contribution in [3.8, 4) is 22.1 Å². The minimum Gasteiger partial charge on any atom is -0.465 e. The first-order valence-corrected chi connectivity index (χ1v) is 15.0. The lowest BCUT2D eigenvalue weighted by atomic mass is 9.81. The van der Waals surface area contributed by atoms with Crippen LogP contribution in [0, 0.1) is 17.2 Å². The van der Waals surface area contributed by atoms with E-state index in [1.54, 1.807) is 31.6 Å². The molecule has 1 aliphatic rings. The molecule has 0 bridgehead atoms. The maximum atomic E-state index is 14.9. The summed E-state index contributed by atoms with van der Waals surface area (Å²) in [6.45, 7) is 6.51. The predicted molar refractivity (Wildman–Crippen MR) is 164 cm³/mol. The van der Waals surface area contributed by atoms with Crippen LogP contribution < -0.4 is 10.1 Å². The van der Waals surface area contributed by atoms with Gasteiger partial charge in [-0.05, 0) is 54.0 Å². The standard InChI is InChI=1S/C32H35FN4O5S/c1-32(2,3)30(37(31(39)40)13-14-41-4)20-7-9-23(35-18-20)27-17-24-29(43-27)26(11-12-34-24)42-25-10-8-21(16-22(25)33)36-28(38)15-19-5-6-19/h7-12,16-19,30H,5-6,13-15H2,1-4H3,(H,36,38)(H,39,40). The minimum absolute atomic E-state index is 0.0369. The fourth-order valence-corrected chi connectivity index (χ4v) is 6.12. The van der Waals surface area contributed by atoms with Gasteiger partial charge in [0.2, 0.25) is 5.91 Å². The van der Waals surface area contributed by atoms with E-state index in [0.717, 1.165) is 28.0 Å². The van der Waals surface area contributed by atoms with Crippen molar-refractivity contribution in [3.63, 3.8) is 0 Å². The van der Waals surface area contributed by atoms with Crippen molar-refractivity contribution in [2.24, 2.45) is 11.3 Å². The summed E-state index contributed by atoms with van der Waals surface area (Å²) in [6.07, 6.45) is 4.89. The van der Waals surface area contributed by atoms with Crippen LogP contribution in [0.15, 0.2) is 54.9 Å². The molecule has 4 aromatic rings. The molecule has 1 fully saturated rings. The molecule has 0 spiro atoms.